The van der Waals surface area contributed by atoms with Crippen LogP contribution in [0.15, 0.2) is 54.6 Å². The monoisotopic (exact) mass is 670 g/mol. The maximum atomic E-state index is 13.0. The largest absolute Gasteiger partial charge is 0.478 e. The van der Waals surface area contributed by atoms with Gasteiger partial charge in [0.25, 0.3) is 0 Å². The summed E-state index contributed by atoms with van der Waals surface area (Å²) < 4.78 is 11.5. The second-order valence-electron chi connectivity index (χ2n) is 13.7. The fourth-order valence-electron chi connectivity index (χ4n) is 7.07. The van der Waals surface area contributed by atoms with Gasteiger partial charge in [0.05, 0.1) is 13.2 Å². The van der Waals surface area contributed by atoms with Crippen LogP contribution in [0, 0.1) is 0 Å². The van der Waals surface area contributed by atoms with Gasteiger partial charge in [-0.3, -0.25) is 9.69 Å². The molecule has 8 heteroatoms. The number of benzene rings is 2. The van der Waals surface area contributed by atoms with Crippen molar-refractivity contribution in [3.63, 3.8) is 0 Å². The highest BCUT2D eigenvalue weighted by atomic mass is 16.6. The van der Waals surface area contributed by atoms with Gasteiger partial charge in [-0.2, -0.15) is 9.88 Å². The predicted molar refractivity (Wildman–Crippen MR) is 200 cm³/mol. The third-order valence-electron chi connectivity index (χ3n) is 10.0. The summed E-state index contributed by atoms with van der Waals surface area (Å²) in [6, 6.07) is 19.0. The van der Waals surface area contributed by atoms with Crippen LogP contribution in [0.5, 0.6) is 5.88 Å². The van der Waals surface area contributed by atoms with Crippen molar-refractivity contribution in [2.75, 3.05) is 55.7 Å². The van der Waals surface area contributed by atoms with Gasteiger partial charge in [-0.15, -0.1) is 0 Å². The smallest absolute Gasteiger partial charge is 0.422 e. The Labute approximate surface area is 294 Å². The van der Waals surface area contributed by atoms with Crippen LogP contribution in [0.2, 0.25) is 0 Å². The molecule has 0 atom stereocenters. The number of anilines is 2. The number of unbranched alkanes of at least 4 members (excludes halogenated alkanes) is 12. The Bertz CT molecular complexity index is 1450. The van der Waals surface area contributed by atoms with Crippen LogP contribution in [0.1, 0.15) is 109 Å². The molecule has 8 nitrogen and oxygen atoms in total. The molecule has 2 aromatic carbocycles. The standard InChI is InChI=1S/C41H58N4O4/c1-2-3-4-5-6-7-8-9-10-11-12-16-33-49-41(47)45-39(46)26-24-35-23-25-38(42-40(35)45)48-32-17-15-27-43-28-30-44(31-29-43)37-22-18-20-34-19-13-14-21-36(34)37/h13-14,18-23,25H,2-12,15-17,24,26-33H2,1H3. The summed E-state index contributed by atoms with van der Waals surface area (Å²) in [5.41, 5.74) is 2.20. The lowest BCUT2D eigenvalue weighted by atomic mass is 10.1. The minimum atomic E-state index is -0.626. The number of hydrogen-bond acceptors (Lipinski definition) is 7. The van der Waals surface area contributed by atoms with Crippen molar-refractivity contribution in [1.82, 2.24) is 9.88 Å². The topological polar surface area (TPSA) is 75.2 Å². The number of piperazine rings is 1. The molecule has 0 N–H and O–H groups in total. The number of aromatic nitrogens is 1. The van der Waals surface area contributed by atoms with Crippen molar-refractivity contribution in [2.24, 2.45) is 0 Å². The summed E-state index contributed by atoms with van der Waals surface area (Å²) in [6.45, 7) is 8.32. The number of carbonyl (C=O) groups excluding carboxylic acids is 2. The van der Waals surface area contributed by atoms with Crippen molar-refractivity contribution in [3.05, 3.63) is 60.2 Å². The molecule has 3 aromatic rings. The second kappa shape index (κ2) is 20.1. The fraction of sp³-hybridized carbons (Fsp3) is 0.585. The minimum absolute atomic E-state index is 0.266. The van der Waals surface area contributed by atoms with E-state index in [-0.39, 0.29) is 12.3 Å². The van der Waals surface area contributed by atoms with E-state index in [9.17, 15) is 9.59 Å². The van der Waals surface area contributed by atoms with Crippen molar-refractivity contribution in [2.45, 2.75) is 110 Å². The molecule has 0 bridgehead atoms. The molecule has 3 heterocycles. The van der Waals surface area contributed by atoms with Crippen LogP contribution in [-0.4, -0.2) is 67.8 Å². The van der Waals surface area contributed by atoms with Gasteiger partial charge in [-0.1, -0.05) is 114 Å². The Kier molecular flexibility index (Phi) is 15.0. The lowest BCUT2D eigenvalue weighted by molar-refractivity contribution is -0.118. The molecule has 5 rings (SSSR count). The zero-order valence-electron chi connectivity index (χ0n) is 29.9. The van der Waals surface area contributed by atoms with Gasteiger partial charge in [0, 0.05) is 49.7 Å². The maximum absolute atomic E-state index is 13.0. The van der Waals surface area contributed by atoms with Crippen molar-refractivity contribution < 1.29 is 19.1 Å². The van der Waals surface area contributed by atoms with Gasteiger partial charge >= 0.3 is 6.09 Å². The van der Waals surface area contributed by atoms with E-state index in [0.29, 0.717) is 31.3 Å². The average molecular weight is 671 g/mol. The van der Waals surface area contributed by atoms with Crippen LogP contribution in [0.25, 0.3) is 10.8 Å². The van der Waals surface area contributed by atoms with Crippen molar-refractivity contribution in [1.29, 1.82) is 0 Å². The molecule has 2 aliphatic heterocycles. The van der Waals surface area contributed by atoms with Crippen molar-refractivity contribution in [3.8, 4) is 5.88 Å². The van der Waals surface area contributed by atoms with E-state index in [1.165, 1.54) is 74.2 Å². The van der Waals surface area contributed by atoms with Crippen molar-refractivity contribution >= 4 is 34.3 Å². The normalized spacial score (nSPS) is 15.1. The summed E-state index contributed by atoms with van der Waals surface area (Å²) in [4.78, 5) is 36.5. The molecule has 0 unspecified atom stereocenters. The Balaban J connectivity index is 0.963. The average Bonchev–Trinajstić information content (AvgIpc) is 3.13. The Morgan fingerprint density at radius 1 is 0.714 bits per heavy atom. The number of pyridine rings is 1. The molecule has 2 aliphatic rings. The van der Waals surface area contributed by atoms with E-state index in [1.807, 2.05) is 12.1 Å². The Morgan fingerprint density at radius 2 is 1.39 bits per heavy atom. The van der Waals surface area contributed by atoms with Gasteiger partial charge in [-0.05, 0) is 55.3 Å². The van der Waals surface area contributed by atoms with E-state index >= 15 is 0 Å². The zero-order valence-corrected chi connectivity index (χ0v) is 29.9. The third kappa shape index (κ3) is 11.2. The summed E-state index contributed by atoms with van der Waals surface area (Å²) in [5.74, 6) is 0.533. The highest BCUT2D eigenvalue weighted by Crippen LogP contribution is 2.30. The number of ether oxygens (including phenoxy) is 2. The third-order valence-corrected chi connectivity index (χ3v) is 10.0. The number of hydrogen-bond donors (Lipinski definition) is 0. The minimum Gasteiger partial charge on any atom is -0.478 e. The molecule has 0 saturated carbocycles. The predicted octanol–water partition coefficient (Wildman–Crippen LogP) is 9.33. The molecule has 1 aromatic heterocycles. The molecule has 2 amide bonds. The molecular formula is C41H58N4O4. The molecule has 0 spiro atoms. The lowest BCUT2D eigenvalue weighted by Crippen LogP contribution is -2.46. The summed E-state index contributed by atoms with van der Waals surface area (Å²) in [7, 11) is 0. The number of fused-ring (bicyclic) bond motifs is 2. The molecule has 1 saturated heterocycles. The first-order chi connectivity index (χ1) is 24.1. The van der Waals surface area contributed by atoms with Crippen LogP contribution < -0.4 is 14.5 Å². The van der Waals surface area contributed by atoms with E-state index in [2.05, 4.69) is 64.2 Å². The van der Waals surface area contributed by atoms with E-state index < -0.39 is 6.09 Å². The molecule has 0 radical (unpaired) electrons. The molecule has 49 heavy (non-hydrogen) atoms. The van der Waals surface area contributed by atoms with Gasteiger partial charge in [0.1, 0.15) is 0 Å². The maximum Gasteiger partial charge on any atom is 0.422 e. The quantitative estimate of drug-likeness (QED) is 0.111. The first kappa shape index (κ1) is 36.6. The molecular weight excluding hydrogens is 612 g/mol. The second-order valence-corrected chi connectivity index (χ2v) is 13.7. The SMILES string of the molecule is CCCCCCCCCCCCCCOC(=O)N1C(=O)CCc2ccc(OCCCCN3CCN(c4cccc5ccccc45)CC3)nc21. The number of rotatable bonds is 20. The number of imide groups is 1. The van der Waals surface area contributed by atoms with Crippen LogP contribution in [0.4, 0.5) is 16.3 Å². The molecule has 1 fully saturated rings. The fourth-order valence-corrected chi connectivity index (χ4v) is 7.07. The van der Waals surface area contributed by atoms with Gasteiger partial charge in [0.15, 0.2) is 5.82 Å². The van der Waals surface area contributed by atoms with E-state index in [4.69, 9.17) is 9.47 Å². The van der Waals surface area contributed by atoms with Crippen LogP contribution in [0.3, 0.4) is 0 Å². The van der Waals surface area contributed by atoms with E-state index in [0.717, 1.165) is 75.3 Å². The molecule has 266 valence electrons. The van der Waals surface area contributed by atoms with Gasteiger partial charge in [-0.25, -0.2) is 4.79 Å². The Morgan fingerprint density at radius 3 is 2.14 bits per heavy atom. The first-order valence-corrected chi connectivity index (χ1v) is 19.2. The lowest BCUT2D eigenvalue weighted by Gasteiger charge is -2.36. The summed E-state index contributed by atoms with van der Waals surface area (Å²) in [6.07, 6.45) is 17.1. The van der Waals surface area contributed by atoms with Gasteiger partial charge < -0.3 is 14.4 Å². The summed E-state index contributed by atoms with van der Waals surface area (Å²) in [5, 5.41) is 2.62. The number of nitrogens with zero attached hydrogens (tertiary/aromatic N) is 4. The number of carbonyl (C=O) groups is 2. The van der Waals surface area contributed by atoms with Crippen LogP contribution in [-0.2, 0) is 16.0 Å². The first-order valence-electron chi connectivity index (χ1n) is 19.2. The van der Waals surface area contributed by atoms with Crippen LogP contribution >= 0.6 is 0 Å². The number of amides is 2. The highest BCUT2D eigenvalue weighted by Gasteiger charge is 2.32. The number of aryl methyl sites for hydroxylation is 1. The highest BCUT2D eigenvalue weighted by molar-refractivity contribution is 6.13. The van der Waals surface area contributed by atoms with Gasteiger partial charge in [0.2, 0.25) is 11.8 Å². The Hall–Kier alpha value is -3.65. The summed E-state index contributed by atoms with van der Waals surface area (Å²) >= 11 is 0. The zero-order chi connectivity index (χ0) is 34.1. The van der Waals surface area contributed by atoms with E-state index in [1.54, 1.807) is 0 Å². The molecule has 0 aliphatic carbocycles.